The highest BCUT2D eigenvalue weighted by atomic mass is 32.2. The number of fused-ring (bicyclic) bond motifs is 2. The summed E-state index contributed by atoms with van der Waals surface area (Å²) in [6.07, 6.45) is 1.39. The van der Waals surface area contributed by atoms with Crippen LogP contribution in [-0.2, 0) is 10.0 Å². The van der Waals surface area contributed by atoms with Gasteiger partial charge in [-0.15, -0.1) is 0 Å². The average Bonchev–Trinajstić information content (AvgIpc) is 2.88. The van der Waals surface area contributed by atoms with E-state index in [9.17, 15) is 12.8 Å². The minimum atomic E-state index is -4.13. The number of nitrogens with zero attached hydrogens (tertiary/aromatic N) is 2. The second-order valence-corrected chi connectivity index (χ2v) is 9.38. The van der Waals surface area contributed by atoms with Gasteiger partial charge in [-0.3, -0.25) is 4.72 Å². The fourth-order valence-electron chi connectivity index (χ4n) is 3.83. The summed E-state index contributed by atoms with van der Waals surface area (Å²) in [5.41, 5.74) is 0.926. The van der Waals surface area contributed by atoms with Crippen molar-refractivity contribution in [2.75, 3.05) is 18.9 Å². The smallest absolute Gasteiger partial charge is 0.264 e. The fourth-order valence-corrected chi connectivity index (χ4v) is 4.99. The van der Waals surface area contributed by atoms with Gasteiger partial charge in [-0.25, -0.2) is 22.8 Å². The number of methoxy groups -OCH3 is 2. The van der Waals surface area contributed by atoms with Gasteiger partial charge in [0.15, 0.2) is 11.5 Å². The second-order valence-electron chi connectivity index (χ2n) is 7.73. The average molecular weight is 506 g/mol. The number of anilines is 1. The highest BCUT2D eigenvalue weighted by Crippen LogP contribution is 2.37. The van der Waals surface area contributed by atoms with Crippen LogP contribution < -0.4 is 18.9 Å². The third-order valence-corrected chi connectivity index (χ3v) is 6.94. The molecule has 36 heavy (non-hydrogen) atoms. The summed E-state index contributed by atoms with van der Waals surface area (Å²) in [4.78, 5) is 8.11. The molecule has 182 valence electrons. The van der Waals surface area contributed by atoms with Crippen LogP contribution in [0, 0.1) is 5.82 Å². The van der Waals surface area contributed by atoms with Crippen LogP contribution in [0.4, 0.5) is 10.1 Å². The molecule has 0 fully saturated rings. The summed E-state index contributed by atoms with van der Waals surface area (Å²) < 4.78 is 58.9. The molecule has 0 aliphatic carbocycles. The second kappa shape index (κ2) is 9.31. The molecule has 0 atom stereocenters. The highest BCUT2D eigenvalue weighted by molar-refractivity contribution is 7.92. The Kier molecular flexibility index (Phi) is 6.03. The van der Waals surface area contributed by atoms with E-state index in [1.54, 1.807) is 49.6 Å². The van der Waals surface area contributed by atoms with Crippen LogP contribution in [0.1, 0.15) is 0 Å². The van der Waals surface area contributed by atoms with Gasteiger partial charge in [0.05, 0.1) is 30.8 Å². The van der Waals surface area contributed by atoms with Crippen molar-refractivity contribution in [1.82, 2.24) is 9.97 Å². The molecule has 0 amide bonds. The molecule has 0 saturated carbocycles. The van der Waals surface area contributed by atoms with E-state index in [-0.39, 0.29) is 0 Å². The number of halogens is 1. The lowest BCUT2D eigenvalue weighted by atomic mass is 10.1. The molecule has 5 rings (SSSR count). The van der Waals surface area contributed by atoms with Gasteiger partial charge in [-0.05, 0) is 47.9 Å². The Balaban J connectivity index is 1.49. The summed E-state index contributed by atoms with van der Waals surface area (Å²) in [5.74, 6) is 1.01. The van der Waals surface area contributed by atoms with E-state index in [0.29, 0.717) is 50.5 Å². The third kappa shape index (κ3) is 4.34. The summed E-state index contributed by atoms with van der Waals surface area (Å²) in [7, 11) is -1.05. The lowest BCUT2D eigenvalue weighted by molar-refractivity contribution is 0.355. The van der Waals surface area contributed by atoms with Gasteiger partial charge >= 0.3 is 0 Å². The lowest BCUT2D eigenvalue weighted by Crippen LogP contribution is -2.14. The van der Waals surface area contributed by atoms with Crippen molar-refractivity contribution in [3.8, 4) is 23.1 Å². The van der Waals surface area contributed by atoms with Gasteiger partial charge in [0.25, 0.3) is 10.0 Å². The van der Waals surface area contributed by atoms with Crippen LogP contribution in [0.25, 0.3) is 21.7 Å². The van der Waals surface area contributed by atoms with E-state index in [2.05, 4.69) is 14.7 Å². The maximum absolute atomic E-state index is 14.1. The maximum Gasteiger partial charge on any atom is 0.264 e. The van der Waals surface area contributed by atoms with E-state index in [4.69, 9.17) is 14.2 Å². The number of nitrogens with one attached hydrogen (secondary N) is 1. The zero-order chi connectivity index (χ0) is 25.3. The van der Waals surface area contributed by atoms with E-state index in [0.717, 1.165) is 6.07 Å². The quantitative estimate of drug-likeness (QED) is 0.310. The Morgan fingerprint density at radius 1 is 0.833 bits per heavy atom. The topological polar surface area (TPSA) is 99.6 Å². The van der Waals surface area contributed by atoms with Gasteiger partial charge < -0.3 is 14.2 Å². The number of ether oxygens (including phenoxy) is 3. The predicted molar refractivity (Wildman–Crippen MR) is 134 cm³/mol. The van der Waals surface area contributed by atoms with E-state index in [1.807, 2.05) is 6.07 Å². The standard InChI is InChI=1S/C26H20FN3O5S/c1-33-23-13-19-22(14-24(23)34-2)28-15-29-26(19)35-17-10-11-18-16(12-17)6-5-8-21(18)30-36(31,32)25-9-4-3-7-20(25)27/h3-15,30H,1-2H3. The summed E-state index contributed by atoms with van der Waals surface area (Å²) in [6.45, 7) is 0. The summed E-state index contributed by atoms with van der Waals surface area (Å²) >= 11 is 0. The minimum Gasteiger partial charge on any atom is -0.493 e. The van der Waals surface area contributed by atoms with Gasteiger partial charge in [-0.2, -0.15) is 0 Å². The summed E-state index contributed by atoms with van der Waals surface area (Å²) in [6, 6.07) is 19.0. The van der Waals surface area contributed by atoms with Crippen molar-refractivity contribution < 1.29 is 27.0 Å². The molecule has 0 aliphatic rings. The van der Waals surface area contributed by atoms with Crippen LogP contribution in [0.15, 0.2) is 84.0 Å². The van der Waals surface area contributed by atoms with E-state index in [1.165, 1.54) is 31.6 Å². The van der Waals surface area contributed by atoms with E-state index >= 15 is 0 Å². The summed E-state index contributed by atoms with van der Waals surface area (Å²) in [5, 5.41) is 1.95. The Morgan fingerprint density at radius 2 is 1.61 bits per heavy atom. The number of sulfonamides is 1. The first-order chi connectivity index (χ1) is 17.4. The van der Waals surface area contributed by atoms with Crippen LogP contribution in [0.3, 0.4) is 0 Å². The van der Waals surface area contributed by atoms with Crippen molar-refractivity contribution in [2.24, 2.45) is 0 Å². The molecule has 0 bridgehead atoms. The molecule has 8 nitrogen and oxygen atoms in total. The van der Waals surface area contributed by atoms with Crippen molar-refractivity contribution in [1.29, 1.82) is 0 Å². The number of rotatable bonds is 7. The normalized spacial score (nSPS) is 11.4. The SMILES string of the molecule is COc1cc2ncnc(Oc3ccc4c(NS(=O)(=O)c5ccccc5F)cccc4c3)c2cc1OC. The fraction of sp³-hybridized carbons (Fsp3) is 0.0769. The number of hydrogen-bond acceptors (Lipinski definition) is 7. The molecule has 0 aliphatic heterocycles. The third-order valence-electron chi connectivity index (χ3n) is 5.54. The number of aromatic nitrogens is 2. The largest absolute Gasteiger partial charge is 0.493 e. The van der Waals surface area contributed by atoms with Gasteiger partial charge in [0, 0.05) is 11.5 Å². The highest BCUT2D eigenvalue weighted by Gasteiger charge is 2.20. The zero-order valence-electron chi connectivity index (χ0n) is 19.2. The van der Waals surface area contributed by atoms with E-state index < -0.39 is 20.7 Å². The van der Waals surface area contributed by atoms with Crippen molar-refractivity contribution >= 4 is 37.4 Å². The van der Waals surface area contributed by atoms with Crippen molar-refractivity contribution in [3.63, 3.8) is 0 Å². The molecule has 4 aromatic carbocycles. The maximum atomic E-state index is 14.1. The van der Waals surface area contributed by atoms with Gasteiger partial charge in [0.1, 0.15) is 22.8 Å². The molecule has 0 saturated heterocycles. The molecular weight excluding hydrogens is 485 g/mol. The Bertz CT molecular complexity index is 1710. The minimum absolute atomic E-state index is 0.312. The van der Waals surface area contributed by atoms with Crippen LogP contribution in [-0.4, -0.2) is 32.6 Å². The molecule has 0 radical (unpaired) electrons. The van der Waals surface area contributed by atoms with Crippen molar-refractivity contribution in [3.05, 3.63) is 84.9 Å². The predicted octanol–water partition coefficient (Wildman–Crippen LogP) is 5.53. The van der Waals surface area contributed by atoms with Crippen LogP contribution in [0.5, 0.6) is 23.1 Å². The molecule has 1 N–H and O–H groups in total. The first-order valence-electron chi connectivity index (χ1n) is 10.7. The van der Waals surface area contributed by atoms with Crippen LogP contribution in [0.2, 0.25) is 0 Å². The monoisotopic (exact) mass is 505 g/mol. The molecule has 10 heteroatoms. The van der Waals surface area contributed by atoms with Gasteiger partial charge in [0.2, 0.25) is 5.88 Å². The Labute approximate surface area is 206 Å². The zero-order valence-corrected chi connectivity index (χ0v) is 20.0. The Morgan fingerprint density at radius 3 is 2.39 bits per heavy atom. The molecule has 5 aromatic rings. The first kappa shape index (κ1) is 23.3. The first-order valence-corrected chi connectivity index (χ1v) is 12.2. The lowest BCUT2D eigenvalue weighted by Gasteiger charge is -2.13. The van der Waals surface area contributed by atoms with Gasteiger partial charge in [-0.1, -0.05) is 24.3 Å². The van der Waals surface area contributed by atoms with Crippen LogP contribution >= 0.6 is 0 Å². The number of hydrogen-bond donors (Lipinski definition) is 1. The molecule has 0 spiro atoms. The molecule has 1 aromatic heterocycles. The molecule has 1 heterocycles. The number of benzene rings is 4. The molecule has 0 unspecified atom stereocenters. The molecular formula is C26H20FN3O5S. The Hall–Kier alpha value is -4.44. The van der Waals surface area contributed by atoms with Crippen molar-refractivity contribution in [2.45, 2.75) is 4.90 Å².